The number of halogens is 2. The summed E-state index contributed by atoms with van der Waals surface area (Å²) in [5.41, 5.74) is 0. The van der Waals surface area contributed by atoms with Crippen molar-refractivity contribution in [3.8, 4) is 0 Å². The summed E-state index contributed by atoms with van der Waals surface area (Å²) in [5.74, 6) is 0.325. The van der Waals surface area contributed by atoms with Crippen molar-refractivity contribution in [1.29, 1.82) is 0 Å². The molecule has 0 bridgehead atoms. The van der Waals surface area contributed by atoms with E-state index < -0.39 is 10.0 Å². The molecule has 1 N–H and O–H groups in total. The second kappa shape index (κ2) is 4.87. The lowest BCUT2D eigenvalue weighted by Crippen LogP contribution is -2.14. The van der Waals surface area contributed by atoms with Crippen LogP contribution < -0.4 is 4.72 Å². The number of aryl methyl sites for hydroxylation is 1. The minimum atomic E-state index is -3.89. The second-order valence-electron chi connectivity index (χ2n) is 3.30. The molecule has 0 radical (unpaired) electrons. The van der Waals surface area contributed by atoms with E-state index in [0.717, 1.165) is 0 Å². The Balaban J connectivity index is 2.43. The Kier molecular flexibility index (Phi) is 3.60. The number of hydrogen-bond acceptors (Lipinski definition) is 5. The van der Waals surface area contributed by atoms with Gasteiger partial charge in [-0.25, -0.2) is 13.1 Å². The molecule has 9 heteroatoms. The zero-order chi connectivity index (χ0) is 13.3. The van der Waals surface area contributed by atoms with Gasteiger partial charge in [-0.2, -0.15) is 4.98 Å². The van der Waals surface area contributed by atoms with Crippen molar-refractivity contribution in [3.63, 3.8) is 0 Å². The molecule has 0 unspecified atom stereocenters. The number of aromatic nitrogens is 2. The van der Waals surface area contributed by atoms with Gasteiger partial charge in [0.2, 0.25) is 0 Å². The van der Waals surface area contributed by atoms with Crippen LogP contribution in [0.15, 0.2) is 32.1 Å². The van der Waals surface area contributed by atoms with E-state index in [1.807, 2.05) is 0 Å². The van der Waals surface area contributed by atoms with Crippen LogP contribution in [0.5, 0.6) is 0 Å². The molecule has 0 atom stereocenters. The summed E-state index contributed by atoms with van der Waals surface area (Å²) in [6.45, 7) is 1.58. The van der Waals surface area contributed by atoms with Crippen molar-refractivity contribution in [2.24, 2.45) is 0 Å². The third-order valence-electron chi connectivity index (χ3n) is 1.94. The van der Waals surface area contributed by atoms with E-state index in [9.17, 15) is 8.42 Å². The number of anilines is 1. The average Bonchev–Trinajstić information content (AvgIpc) is 2.62. The van der Waals surface area contributed by atoms with Gasteiger partial charge >= 0.3 is 6.01 Å². The van der Waals surface area contributed by atoms with Gasteiger partial charge in [0.25, 0.3) is 10.0 Å². The van der Waals surface area contributed by atoms with Gasteiger partial charge in [0.05, 0.1) is 5.02 Å². The van der Waals surface area contributed by atoms with Gasteiger partial charge < -0.3 is 4.52 Å². The Morgan fingerprint density at radius 3 is 2.72 bits per heavy atom. The first-order valence-corrected chi connectivity index (χ1v) is 7.33. The first kappa shape index (κ1) is 13.3. The minimum absolute atomic E-state index is 0.0810. The van der Waals surface area contributed by atoms with Crippen molar-refractivity contribution in [1.82, 2.24) is 10.1 Å². The highest BCUT2D eigenvalue weighted by atomic mass is 79.9. The summed E-state index contributed by atoms with van der Waals surface area (Å²) in [4.78, 5) is 3.67. The number of hydrogen-bond donors (Lipinski definition) is 1. The fourth-order valence-electron chi connectivity index (χ4n) is 1.24. The molecule has 1 heterocycles. The fourth-order valence-corrected chi connectivity index (χ4v) is 3.91. The fraction of sp³-hybridized carbons (Fsp3) is 0.111. The average molecular weight is 353 g/mol. The van der Waals surface area contributed by atoms with Gasteiger partial charge in [-0.3, -0.25) is 0 Å². The number of benzene rings is 1. The van der Waals surface area contributed by atoms with Crippen LogP contribution in [0.25, 0.3) is 0 Å². The highest BCUT2D eigenvalue weighted by molar-refractivity contribution is 9.10. The third-order valence-corrected chi connectivity index (χ3v) is 4.71. The smallest absolute Gasteiger partial charge is 0.314 e. The molecule has 1 aromatic carbocycles. The van der Waals surface area contributed by atoms with Crippen molar-refractivity contribution in [2.75, 3.05) is 4.72 Å². The monoisotopic (exact) mass is 351 g/mol. The Bertz CT molecular complexity index is 666. The van der Waals surface area contributed by atoms with Crippen LogP contribution in [0.4, 0.5) is 6.01 Å². The summed E-state index contributed by atoms with van der Waals surface area (Å²) >= 11 is 9.00. The zero-order valence-electron chi connectivity index (χ0n) is 9.02. The lowest BCUT2D eigenvalue weighted by molar-refractivity contribution is 0.429. The van der Waals surface area contributed by atoms with Gasteiger partial charge in [-0.15, -0.1) is 0 Å². The molecule has 1 aromatic heterocycles. The van der Waals surface area contributed by atoms with Crippen molar-refractivity contribution in [2.45, 2.75) is 11.8 Å². The van der Waals surface area contributed by atoms with E-state index in [2.05, 4.69) is 30.8 Å². The van der Waals surface area contributed by atoms with Crippen LogP contribution in [0.3, 0.4) is 0 Å². The normalized spacial score (nSPS) is 11.5. The van der Waals surface area contributed by atoms with Crippen LogP contribution >= 0.6 is 27.5 Å². The van der Waals surface area contributed by atoms with E-state index in [-0.39, 0.29) is 15.9 Å². The van der Waals surface area contributed by atoms with Crippen molar-refractivity contribution < 1.29 is 12.9 Å². The van der Waals surface area contributed by atoms with Crippen LogP contribution in [0.1, 0.15) is 5.82 Å². The summed E-state index contributed by atoms with van der Waals surface area (Å²) in [6, 6.07) is 4.46. The van der Waals surface area contributed by atoms with Gasteiger partial charge in [-0.1, -0.05) is 22.8 Å². The second-order valence-corrected chi connectivity index (χ2v) is 6.18. The van der Waals surface area contributed by atoms with Crippen LogP contribution in [0.2, 0.25) is 5.02 Å². The number of nitrogens with zero attached hydrogens (tertiary/aromatic N) is 2. The lowest BCUT2D eigenvalue weighted by atomic mass is 10.4. The molecule has 0 amide bonds. The quantitative estimate of drug-likeness (QED) is 0.917. The molecular formula is C9H7BrClN3O3S. The standard InChI is InChI=1S/C9H7BrClN3O3S/c1-5-12-9(17-13-5)14-18(15,16)8-6(10)3-2-4-7(8)11/h2-4H,1H3,(H,12,13,14). The van der Waals surface area contributed by atoms with Gasteiger partial charge in [0.15, 0.2) is 5.82 Å². The first-order valence-electron chi connectivity index (χ1n) is 4.67. The molecular weight excluding hydrogens is 346 g/mol. The molecule has 96 valence electrons. The Labute approximate surface area is 117 Å². The molecule has 0 aliphatic rings. The van der Waals surface area contributed by atoms with Gasteiger partial charge in [0.1, 0.15) is 4.90 Å². The number of rotatable bonds is 3. The highest BCUT2D eigenvalue weighted by Crippen LogP contribution is 2.30. The largest absolute Gasteiger partial charge is 0.335 e. The van der Waals surface area contributed by atoms with Gasteiger partial charge in [-0.05, 0) is 35.0 Å². The van der Waals surface area contributed by atoms with E-state index >= 15 is 0 Å². The molecule has 0 fully saturated rings. The summed E-state index contributed by atoms with van der Waals surface area (Å²) in [7, 11) is -3.89. The predicted octanol–water partition coefficient (Wildman–Crippen LogP) is 2.59. The molecule has 6 nitrogen and oxygen atoms in total. The topological polar surface area (TPSA) is 85.1 Å². The SMILES string of the molecule is Cc1noc(NS(=O)(=O)c2c(Cl)cccc2Br)n1. The molecule has 0 aliphatic carbocycles. The van der Waals surface area contributed by atoms with Crippen molar-refractivity contribution >= 4 is 43.6 Å². The van der Waals surface area contributed by atoms with Crippen LogP contribution in [0, 0.1) is 6.92 Å². The first-order chi connectivity index (χ1) is 8.40. The van der Waals surface area contributed by atoms with E-state index in [4.69, 9.17) is 16.1 Å². The number of nitrogens with one attached hydrogen (secondary N) is 1. The Morgan fingerprint density at radius 1 is 1.44 bits per heavy atom. The van der Waals surface area contributed by atoms with Gasteiger partial charge in [0, 0.05) is 4.47 Å². The molecule has 0 aliphatic heterocycles. The van der Waals surface area contributed by atoms with E-state index in [1.54, 1.807) is 19.1 Å². The maximum atomic E-state index is 12.1. The van der Waals surface area contributed by atoms with Crippen LogP contribution in [-0.2, 0) is 10.0 Å². The lowest BCUT2D eigenvalue weighted by Gasteiger charge is -2.07. The molecule has 0 saturated carbocycles. The third kappa shape index (κ3) is 2.65. The summed E-state index contributed by atoms with van der Waals surface area (Å²) in [6.07, 6.45) is 0. The Hall–Kier alpha value is -1.12. The molecule has 0 saturated heterocycles. The summed E-state index contributed by atoms with van der Waals surface area (Å²) in [5, 5.41) is 3.57. The molecule has 0 spiro atoms. The van der Waals surface area contributed by atoms with E-state index in [1.165, 1.54) is 6.07 Å². The van der Waals surface area contributed by atoms with Crippen molar-refractivity contribution in [3.05, 3.63) is 33.5 Å². The molecule has 2 aromatic rings. The number of sulfonamides is 1. The maximum absolute atomic E-state index is 12.1. The maximum Gasteiger partial charge on any atom is 0.335 e. The Morgan fingerprint density at radius 2 is 2.17 bits per heavy atom. The predicted molar refractivity (Wildman–Crippen MR) is 69.0 cm³/mol. The summed E-state index contributed by atoms with van der Waals surface area (Å²) < 4.78 is 31.4. The highest BCUT2D eigenvalue weighted by Gasteiger charge is 2.23. The zero-order valence-corrected chi connectivity index (χ0v) is 12.2. The molecule has 2 rings (SSSR count). The molecule has 18 heavy (non-hydrogen) atoms. The van der Waals surface area contributed by atoms with Crippen LogP contribution in [-0.4, -0.2) is 18.6 Å². The minimum Gasteiger partial charge on any atom is -0.314 e. The van der Waals surface area contributed by atoms with E-state index in [0.29, 0.717) is 10.3 Å².